The lowest BCUT2D eigenvalue weighted by Gasteiger charge is -2.07. The number of nitrogens with two attached hydrogens (primary N) is 1. The molecule has 4 N–H and O–H groups in total. The maximum absolute atomic E-state index is 11.0. The SMILES string of the molecule is CC.CNC(=O)C(N)Cc1cn[nH]c1. The first-order valence-electron chi connectivity index (χ1n) is 4.69. The minimum Gasteiger partial charge on any atom is -0.358 e. The molecule has 1 heterocycles. The third-order valence-electron chi connectivity index (χ3n) is 1.59. The van der Waals surface area contributed by atoms with E-state index in [4.69, 9.17) is 5.73 Å². The molecule has 0 fully saturated rings. The molecular formula is C9H18N4O. The van der Waals surface area contributed by atoms with Gasteiger partial charge in [0.15, 0.2) is 0 Å². The lowest BCUT2D eigenvalue weighted by molar-refractivity contribution is -0.121. The molecule has 0 aliphatic heterocycles. The van der Waals surface area contributed by atoms with Gasteiger partial charge >= 0.3 is 0 Å². The lowest BCUT2D eigenvalue weighted by Crippen LogP contribution is -2.40. The van der Waals surface area contributed by atoms with E-state index in [1.165, 1.54) is 0 Å². The predicted molar refractivity (Wildman–Crippen MR) is 55.7 cm³/mol. The highest BCUT2D eigenvalue weighted by molar-refractivity contribution is 5.81. The lowest BCUT2D eigenvalue weighted by atomic mass is 10.1. The van der Waals surface area contributed by atoms with Gasteiger partial charge in [0.05, 0.1) is 12.2 Å². The van der Waals surface area contributed by atoms with E-state index < -0.39 is 6.04 Å². The van der Waals surface area contributed by atoms with Gasteiger partial charge in [-0.1, -0.05) is 13.8 Å². The summed E-state index contributed by atoms with van der Waals surface area (Å²) >= 11 is 0. The molecule has 1 aromatic heterocycles. The minimum atomic E-state index is -0.493. The van der Waals surface area contributed by atoms with Crippen molar-refractivity contribution >= 4 is 5.91 Å². The first-order chi connectivity index (χ1) is 6.74. The number of likely N-dealkylation sites (N-methyl/N-ethyl adjacent to an activating group) is 1. The number of rotatable bonds is 3. The smallest absolute Gasteiger partial charge is 0.237 e. The van der Waals surface area contributed by atoms with Crippen LogP contribution in [-0.2, 0) is 11.2 Å². The summed E-state index contributed by atoms with van der Waals surface area (Å²) in [5, 5.41) is 8.89. The Morgan fingerprint density at radius 1 is 1.71 bits per heavy atom. The number of amides is 1. The second-order valence-corrected chi connectivity index (χ2v) is 2.53. The van der Waals surface area contributed by atoms with E-state index in [1.54, 1.807) is 19.4 Å². The van der Waals surface area contributed by atoms with Crippen molar-refractivity contribution < 1.29 is 4.79 Å². The maximum Gasteiger partial charge on any atom is 0.237 e. The zero-order chi connectivity index (χ0) is 11.0. The molecule has 80 valence electrons. The van der Waals surface area contributed by atoms with Crippen LogP contribution < -0.4 is 11.1 Å². The molecule has 1 aromatic rings. The van der Waals surface area contributed by atoms with Crippen molar-refractivity contribution in [3.8, 4) is 0 Å². The Labute approximate surface area is 84.1 Å². The zero-order valence-corrected chi connectivity index (χ0v) is 8.87. The third kappa shape index (κ3) is 4.04. The van der Waals surface area contributed by atoms with Crippen molar-refractivity contribution in [2.75, 3.05) is 7.05 Å². The average Bonchev–Trinajstić information content (AvgIpc) is 2.72. The molecule has 5 heteroatoms. The van der Waals surface area contributed by atoms with Gasteiger partial charge in [-0.2, -0.15) is 5.10 Å². The first kappa shape index (κ1) is 12.6. The quantitative estimate of drug-likeness (QED) is 0.641. The van der Waals surface area contributed by atoms with Gasteiger partial charge in [0.25, 0.3) is 0 Å². The first-order valence-corrected chi connectivity index (χ1v) is 4.69. The van der Waals surface area contributed by atoms with Crippen LogP contribution in [0.2, 0.25) is 0 Å². The Kier molecular flexibility index (Phi) is 6.39. The highest BCUT2D eigenvalue weighted by Gasteiger charge is 2.11. The molecule has 0 aliphatic rings. The Morgan fingerprint density at radius 2 is 2.36 bits per heavy atom. The molecule has 0 radical (unpaired) electrons. The Balaban J connectivity index is 0.000000791. The summed E-state index contributed by atoms with van der Waals surface area (Å²) in [6, 6.07) is -0.493. The van der Waals surface area contributed by atoms with Crippen LogP contribution in [0.5, 0.6) is 0 Å². The van der Waals surface area contributed by atoms with Gasteiger partial charge in [0.1, 0.15) is 0 Å². The summed E-state index contributed by atoms with van der Waals surface area (Å²) < 4.78 is 0. The monoisotopic (exact) mass is 198 g/mol. The number of hydrogen-bond acceptors (Lipinski definition) is 3. The van der Waals surface area contributed by atoms with E-state index >= 15 is 0 Å². The van der Waals surface area contributed by atoms with E-state index in [-0.39, 0.29) is 5.91 Å². The van der Waals surface area contributed by atoms with Crippen molar-refractivity contribution in [1.29, 1.82) is 0 Å². The number of H-pyrrole nitrogens is 1. The summed E-state index contributed by atoms with van der Waals surface area (Å²) in [5.74, 6) is -0.156. The van der Waals surface area contributed by atoms with Crippen molar-refractivity contribution in [3.05, 3.63) is 18.0 Å². The molecule has 14 heavy (non-hydrogen) atoms. The maximum atomic E-state index is 11.0. The summed E-state index contributed by atoms with van der Waals surface area (Å²) in [5.41, 5.74) is 6.50. The van der Waals surface area contributed by atoms with E-state index in [0.717, 1.165) is 5.56 Å². The minimum absolute atomic E-state index is 0.156. The Bertz CT molecular complexity index is 245. The molecular weight excluding hydrogens is 180 g/mol. The van der Waals surface area contributed by atoms with Crippen molar-refractivity contribution in [1.82, 2.24) is 15.5 Å². The van der Waals surface area contributed by atoms with E-state index in [1.807, 2.05) is 13.8 Å². The number of aromatic nitrogens is 2. The molecule has 5 nitrogen and oxygen atoms in total. The van der Waals surface area contributed by atoms with Crippen LogP contribution in [0.1, 0.15) is 19.4 Å². The fourth-order valence-corrected chi connectivity index (χ4v) is 0.921. The predicted octanol–water partition coefficient (Wildman–Crippen LogP) is 0.0517. The molecule has 1 unspecified atom stereocenters. The summed E-state index contributed by atoms with van der Waals surface area (Å²) in [7, 11) is 1.57. The number of hydrogen-bond donors (Lipinski definition) is 3. The second kappa shape index (κ2) is 7.08. The van der Waals surface area contributed by atoms with E-state index in [2.05, 4.69) is 15.5 Å². The number of carbonyl (C=O) groups excluding carboxylic acids is 1. The van der Waals surface area contributed by atoms with Crippen LogP contribution in [0.3, 0.4) is 0 Å². The van der Waals surface area contributed by atoms with Crippen LogP contribution in [0, 0.1) is 0 Å². The van der Waals surface area contributed by atoms with Gasteiger partial charge in [0, 0.05) is 13.2 Å². The third-order valence-corrected chi connectivity index (χ3v) is 1.59. The molecule has 0 aliphatic carbocycles. The topological polar surface area (TPSA) is 83.8 Å². The van der Waals surface area contributed by atoms with Gasteiger partial charge in [-0.05, 0) is 12.0 Å². The summed E-state index contributed by atoms with van der Waals surface area (Å²) in [6.07, 6.45) is 3.89. The van der Waals surface area contributed by atoms with Crippen LogP contribution in [0.15, 0.2) is 12.4 Å². The molecule has 1 atom stereocenters. The van der Waals surface area contributed by atoms with Crippen molar-refractivity contribution in [2.24, 2.45) is 5.73 Å². The largest absolute Gasteiger partial charge is 0.358 e. The number of aromatic amines is 1. The van der Waals surface area contributed by atoms with Gasteiger partial charge < -0.3 is 11.1 Å². The normalized spacial score (nSPS) is 11.1. The van der Waals surface area contributed by atoms with Crippen LogP contribution in [0.4, 0.5) is 0 Å². The number of nitrogens with zero attached hydrogens (tertiary/aromatic N) is 1. The van der Waals surface area contributed by atoms with E-state index in [9.17, 15) is 4.79 Å². The van der Waals surface area contributed by atoms with Gasteiger partial charge in [0.2, 0.25) is 5.91 Å². The molecule has 1 rings (SSSR count). The van der Waals surface area contributed by atoms with Gasteiger partial charge in [-0.25, -0.2) is 0 Å². The number of nitrogens with one attached hydrogen (secondary N) is 2. The highest BCUT2D eigenvalue weighted by Crippen LogP contribution is 1.97. The zero-order valence-electron chi connectivity index (χ0n) is 8.87. The Morgan fingerprint density at radius 3 is 2.79 bits per heavy atom. The van der Waals surface area contributed by atoms with Crippen LogP contribution in [-0.4, -0.2) is 29.2 Å². The number of carbonyl (C=O) groups is 1. The Hall–Kier alpha value is -1.36. The molecule has 1 amide bonds. The second-order valence-electron chi connectivity index (χ2n) is 2.53. The van der Waals surface area contributed by atoms with Gasteiger partial charge in [-0.3, -0.25) is 9.89 Å². The van der Waals surface area contributed by atoms with E-state index in [0.29, 0.717) is 6.42 Å². The molecule has 0 bridgehead atoms. The summed E-state index contributed by atoms with van der Waals surface area (Å²) in [6.45, 7) is 4.00. The van der Waals surface area contributed by atoms with Crippen LogP contribution >= 0.6 is 0 Å². The fourth-order valence-electron chi connectivity index (χ4n) is 0.921. The van der Waals surface area contributed by atoms with Gasteiger partial charge in [-0.15, -0.1) is 0 Å². The molecule has 0 aromatic carbocycles. The van der Waals surface area contributed by atoms with Crippen molar-refractivity contribution in [2.45, 2.75) is 26.3 Å². The molecule has 0 saturated carbocycles. The fraction of sp³-hybridized carbons (Fsp3) is 0.556. The molecule has 0 spiro atoms. The average molecular weight is 198 g/mol. The molecule has 0 saturated heterocycles. The highest BCUT2D eigenvalue weighted by atomic mass is 16.2. The summed E-state index contributed by atoms with van der Waals surface area (Å²) in [4.78, 5) is 11.0. The van der Waals surface area contributed by atoms with Crippen molar-refractivity contribution in [3.63, 3.8) is 0 Å². The van der Waals surface area contributed by atoms with Crippen LogP contribution in [0.25, 0.3) is 0 Å². The standard InChI is InChI=1S/C7H12N4O.C2H6/c1-9-7(12)6(8)2-5-3-10-11-4-5;1-2/h3-4,6H,2,8H2,1H3,(H,9,12)(H,10,11);1-2H3.